The average Bonchev–Trinajstić information content (AvgIpc) is 3.29. The summed E-state index contributed by atoms with van der Waals surface area (Å²) in [5.74, 6) is 0. The molecule has 0 aliphatic carbocycles. The smallest absolute Gasteiger partial charge is 0.0693 e. The number of benzene rings is 4. The van der Waals surface area contributed by atoms with Crippen LogP contribution < -0.4 is 5.32 Å². The Labute approximate surface area is 196 Å². The first-order valence-electron chi connectivity index (χ1n) is 11.4. The van der Waals surface area contributed by atoms with Crippen molar-refractivity contribution in [2.24, 2.45) is 0 Å². The molecule has 2 nitrogen and oxygen atoms in total. The number of para-hydroxylation sites is 2. The van der Waals surface area contributed by atoms with Gasteiger partial charge in [-0.15, -0.1) is 0 Å². The van der Waals surface area contributed by atoms with E-state index in [4.69, 9.17) is 0 Å². The Morgan fingerprint density at radius 3 is 1.64 bits per heavy atom. The van der Waals surface area contributed by atoms with E-state index in [0.29, 0.717) is 0 Å². The molecule has 0 atom stereocenters. The Balaban J connectivity index is 1.64. The third-order valence-electron chi connectivity index (χ3n) is 6.05. The number of aryl methyl sites for hydroxylation is 2. The summed E-state index contributed by atoms with van der Waals surface area (Å²) in [4.78, 5) is 0. The molecule has 0 aliphatic heterocycles. The Morgan fingerprint density at radius 1 is 0.545 bits per heavy atom. The van der Waals surface area contributed by atoms with Crippen LogP contribution in [0.1, 0.15) is 16.7 Å². The van der Waals surface area contributed by atoms with Gasteiger partial charge in [-0.05, 0) is 54.8 Å². The zero-order valence-electron chi connectivity index (χ0n) is 19.1. The molecule has 4 aromatic carbocycles. The van der Waals surface area contributed by atoms with E-state index in [-0.39, 0.29) is 0 Å². The van der Waals surface area contributed by atoms with Crippen LogP contribution in [-0.4, -0.2) is 4.57 Å². The summed E-state index contributed by atoms with van der Waals surface area (Å²) in [5.41, 5.74) is 10.8. The second-order valence-electron chi connectivity index (χ2n) is 8.53. The minimum Gasteiger partial charge on any atom is -0.379 e. The van der Waals surface area contributed by atoms with Crippen molar-refractivity contribution in [2.45, 2.75) is 20.4 Å². The van der Waals surface area contributed by atoms with Gasteiger partial charge in [0, 0.05) is 6.54 Å². The molecule has 162 valence electrons. The molecule has 33 heavy (non-hydrogen) atoms. The van der Waals surface area contributed by atoms with E-state index >= 15 is 0 Å². The first kappa shape index (κ1) is 20.8. The van der Waals surface area contributed by atoms with Gasteiger partial charge in [0.2, 0.25) is 0 Å². The highest BCUT2D eigenvalue weighted by Gasteiger charge is 2.16. The molecule has 0 bridgehead atoms. The number of hydrogen-bond acceptors (Lipinski definition) is 1. The van der Waals surface area contributed by atoms with E-state index in [0.717, 1.165) is 17.9 Å². The summed E-state index contributed by atoms with van der Waals surface area (Å²) in [6, 6.07) is 41.1. The highest BCUT2D eigenvalue weighted by molar-refractivity contribution is 5.77. The van der Waals surface area contributed by atoms with Crippen LogP contribution in [0, 0.1) is 13.8 Å². The zero-order valence-corrected chi connectivity index (χ0v) is 19.1. The summed E-state index contributed by atoms with van der Waals surface area (Å²) in [6.45, 7) is 5.03. The molecule has 0 spiro atoms. The van der Waals surface area contributed by atoms with Crippen LogP contribution in [0.3, 0.4) is 0 Å². The fourth-order valence-electron chi connectivity index (χ4n) is 4.21. The molecule has 0 amide bonds. The molecule has 0 aliphatic rings. The Hall–Kier alpha value is -4.04. The summed E-state index contributed by atoms with van der Waals surface area (Å²) in [7, 11) is 0. The lowest BCUT2D eigenvalue weighted by atomic mass is 10.1. The third kappa shape index (κ3) is 4.47. The minimum absolute atomic E-state index is 0.777. The zero-order chi connectivity index (χ0) is 22.6. The number of anilines is 1. The van der Waals surface area contributed by atoms with Crippen LogP contribution in [0.5, 0.6) is 0 Å². The predicted octanol–water partition coefficient (Wildman–Crippen LogP) is 8.04. The standard InChI is InChI=1S/C31H28N2/c1-23-12-16-26(17-13-23)29-20-21-30(27-18-14-24(2)15-19-27)33(29)31-11-7-6-10-28(31)32-22-25-8-4-3-5-9-25/h3-21,32H,22H2,1-2H3. The van der Waals surface area contributed by atoms with Crippen molar-refractivity contribution in [3.8, 4) is 28.2 Å². The molecular formula is C31H28N2. The van der Waals surface area contributed by atoms with Crippen LogP contribution in [0.15, 0.2) is 115 Å². The summed E-state index contributed by atoms with van der Waals surface area (Å²) in [5, 5.41) is 3.67. The van der Waals surface area contributed by atoms with E-state index in [9.17, 15) is 0 Å². The van der Waals surface area contributed by atoms with Crippen molar-refractivity contribution in [2.75, 3.05) is 5.32 Å². The van der Waals surface area contributed by atoms with Crippen molar-refractivity contribution in [1.29, 1.82) is 0 Å². The van der Waals surface area contributed by atoms with Crippen molar-refractivity contribution in [1.82, 2.24) is 4.57 Å². The number of hydrogen-bond donors (Lipinski definition) is 1. The van der Waals surface area contributed by atoms with Gasteiger partial charge >= 0.3 is 0 Å². The van der Waals surface area contributed by atoms with E-state index in [1.165, 1.54) is 39.2 Å². The second-order valence-corrected chi connectivity index (χ2v) is 8.53. The SMILES string of the molecule is Cc1ccc(-c2ccc(-c3ccc(C)cc3)n2-c2ccccc2NCc2ccccc2)cc1. The molecule has 5 rings (SSSR count). The number of aromatic nitrogens is 1. The minimum atomic E-state index is 0.777. The quantitative estimate of drug-likeness (QED) is 0.289. The molecule has 1 aromatic heterocycles. The molecule has 1 heterocycles. The Kier molecular flexibility index (Phi) is 5.82. The summed E-state index contributed by atoms with van der Waals surface area (Å²) >= 11 is 0. The monoisotopic (exact) mass is 428 g/mol. The Morgan fingerprint density at radius 2 is 1.06 bits per heavy atom. The van der Waals surface area contributed by atoms with Gasteiger partial charge in [-0.1, -0.05) is 102 Å². The topological polar surface area (TPSA) is 17.0 Å². The number of nitrogens with zero attached hydrogens (tertiary/aromatic N) is 1. The highest BCUT2D eigenvalue weighted by Crippen LogP contribution is 2.35. The first-order chi connectivity index (χ1) is 16.2. The number of nitrogens with one attached hydrogen (secondary N) is 1. The van der Waals surface area contributed by atoms with Gasteiger partial charge in [0.1, 0.15) is 0 Å². The van der Waals surface area contributed by atoms with Crippen molar-refractivity contribution < 1.29 is 0 Å². The molecule has 0 saturated heterocycles. The molecule has 5 aromatic rings. The maximum atomic E-state index is 3.67. The van der Waals surface area contributed by atoms with Crippen LogP contribution >= 0.6 is 0 Å². The predicted molar refractivity (Wildman–Crippen MR) is 140 cm³/mol. The third-order valence-corrected chi connectivity index (χ3v) is 6.05. The molecule has 1 N–H and O–H groups in total. The maximum Gasteiger partial charge on any atom is 0.0693 e. The van der Waals surface area contributed by atoms with Crippen molar-refractivity contribution in [3.05, 3.63) is 132 Å². The molecular weight excluding hydrogens is 400 g/mol. The van der Waals surface area contributed by atoms with Gasteiger partial charge in [-0.3, -0.25) is 0 Å². The lowest BCUT2D eigenvalue weighted by molar-refractivity contribution is 1.07. The van der Waals surface area contributed by atoms with E-state index in [1.54, 1.807) is 0 Å². The lowest BCUT2D eigenvalue weighted by Gasteiger charge is -2.19. The molecule has 0 fully saturated rings. The Bertz CT molecular complexity index is 1280. The maximum absolute atomic E-state index is 3.67. The van der Waals surface area contributed by atoms with Gasteiger partial charge in [0.05, 0.1) is 22.8 Å². The van der Waals surface area contributed by atoms with Crippen molar-refractivity contribution >= 4 is 5.69 Å². The van der Waals surface area contributed by atoms with Crippen LogP contribution in [0.4, 0.5) is 5.69 Å². The summed E-state index contributed by atoms with van der Waals surface area (Å²) in [6.07, 6.45) is 0. The lowest BCUT2D eigenvalue weighted by Crippen LogP contribution is -2.06. The fraction of sp³-hybridized carbons (Fsp3) is 0.0968. The molecule has 0 radical (unpaired) electrons. The normalized spacial score (nSPS) is 10.8. The fourth-order valence-corrected chi connectivity index (χ4v) is 4.21. The second kappa shape index (κ2) is 9.22. The largest absolute Gasteiger partial charge is 0.379 e. The van der Waals surface area contributed by atoms with Crippen LogP contribution in [0.25, 0.3) is 28.2 Å². The summed E-state index contributed by atoms with van der Waals surface area (Å²) < 4.78 is 2.38. The van der Waals surface area contributed by atoms with E-state index in [1.807, 2.05) is 0 Å². The molecule has 2 heteroatoms. The average molecular weight is 429 g/mol. The van der Waals surface area contributed by atoms with Gasteiger partial charge in [0.15, 0.2) is 0 Å². The van der Waals surface area contributed by atoms with Gasteiger partial charge in [-0.2, -0.15) is 0 Å². The van der Waals surface area contributed by atoms with Gasteiger partial charge in [-0.25, -0.2) is 0 Å². The van der Waals surface area contributed by atoms with E-state index in [2.05, 4.69) is 139 Å². The number of rotatable bonds is 6. The van der Waals surface area contributed by atoms with Gasteiger partial charge in [0.25, 0.3) is 0 Å². The highest BCUT2D eigenvalue weighted by atomic mass is 15.0. The molecule has 0 unspecified atom stereocenters. The van der Waals surface area contributed by atoms with Gasteiger partial charge < -0.3 is 9.88 Å². The van der Waals surface area contributed by atoms with Crippen LogP contribution in [-0.2, 0) is 6.54 Å². The van der Waals surface area contributed by atoms with Crippen LogP contribution in [0.2, 0.25) is 0 Å². The van der Waals surface area contributed by atoms with Crippen molar-refractivity contribution in [3.63, 3.8) is 0 Å². The van der Waals surface area contributed by atoms with E-state index < -0.39 is 0 Å². The first-order valence-corrected chi connectivity index (χ1v) is 11.4. The molecule has 0 saturated carbocycles.